The second-order valence-corrected chi connectivity index (χ2v) is 6.18. The summed E-state index contributed by atoms with van der Waals surface area (Å²) in [5.41, 5.74) is 2.64. The minimum Gasteiger partial charge on any atom is -0.492 e. The van der Waals surface area contributed by atoms with Gasteiger partial charge >= 0.3 is 0 Å². The first-order valence-electron chi connectivity index (χ1n) is 8.59. The van der Waals surface area contributed by atoms with Crippen molar-refractivity contribution in [2.45, 2.75) is 6.42 Å². The SMILES string of the molecule is Cn1cc2c(cc1=O)OCCC=Cc1ccccc1Oc1ccccc1-2. The van der Waals surface area contributed by atoms with Crippen LogP contribution in [0.4, 0.5) is 0 Å². The van der Waals surface area contributed by atoms with Crippen LogP contribution in [0.1, 0.15) is 12.0 Å². The van der Waals surface area contributed by atoms with Crippen LogP contribution < -0.4 is 15.0 Å². The molecule has 0 radical (unpaired) electrons. The maximum absolute atomic E-state index is 12.1. The molecule has 1 aromatic heterocycles. The van der Waals surface area contributed by atoms with Gasteiger partial charge in [0.05, 0.1) is 6.61 Å². The van der Waals surface area contributed by atoms with E-state index in [0.29, 0.717) is 12.4 Å². The van der Waals surface area contributed by atoms with E-state index in [4.69, 9.17) is 9.47 Å². The van der Waals surface area contributed by atoms with Crippen LogP contribution >= 0.6 is 0 Å². The Morgan fingerprint density at radius 2 is 1.69 bits per heavy atom. The molecular weight excluding hydrogens is 326 g/mol. The zero-order chi connectivity index (χ0) is 17.9. The molecule has 2 aromatic carbocycles. The van der Waals surface area contributed by atoms with Crippen molar-refractivity contribution >= 4 is 6.08 Å². The zero-order valence-corrected chi connectivity index (χ0v) is 14.5. The first-order chi connectivity index (χ1) is 12.7. The van der Waals surface area contributed by atoms with Crippen molar-refractivity contribution in [1.29, 1.82) is 0 Å². The lowest BCUT2D eigenvalue weighted by atomic mass is 10.0. The number of hydrogen-bond acceptors (Lipinski definition) is 3. The Balaban J connectivity index is 1.93. The normalized spacial score (nSPS) is 13.1. The second-order valence-electron chi connectivity index (χ2n) is 6.18. The summed E-state index contributed by atoms with van der Waals surface area (Å²) >= 11 is 0. The average molecular weight is 345 g/mol. The second kappa shape index (κ2) is 6.92. The van der Waals surface area contributed by atoms with Crippen molar-refractivity contribution in [3.8, 4) is 28.4 Å². The van der Waals surface area contributed by atoms with Gasteiger partial charge in [-0.05, 0) is 18.6 Å². The molecule has 4 heteroatoms. The van der Waals surface area contributed by atoms with Crippen LogP contribution in [0.3, 0.4) is 0 Å². The van der Waals surface area contributed by atoms with E-state index < -0.39 is 0 Å². The molecule has 0 saturated carbocycles. The molecule has 2 heterocycles. The third kappa shape index (κ3) is 3.14. The van der Waals surface area contributed by atoms with E-state index in [-0.39, 0.29) is 5.56 Å². The van der Waals surface area contributed by atoms with Crippen molar-refractivity contribution in [1.82, 2.24) is 4.57 Å². The molecular formula is C22H19NO3. The summed E-state index contributed by atoms with van der Waals surface area (Å²) in [6.07, 6.45) is 6.63. The molecule has 4 nitrogen and oxygen atoms in total. The van der Waals surface area contributed by atoms with Gasteiger partial charge in [0.2, 0.25) is 0 Å². The van der Waals surface area contributed by atoms with Crippen LogP contribution in [0.5, 0.6) is 17.2 Å². The van der Waals surface area contributed by atoms with Crippen molar-refractivity contribution in [2.75, 3.05) is 6.61 Å². The van der Waals surface area contributed by atoms with Crippen LogP contribution in [-0.2, 0) is 7.05 Å². The van der Waals surface area contributed by atoms with Crippen LogP contribution in [0, 0.1) is 0 Å². The quantitative estimate of drug-likeness (QED) is 0.596. The highest BCUT2D eigenvalue weighted by molar-refractivity contribution is 5.76. The molecule has 0 aliphatic carbocycles. The average Bonchev–Trinajstić information content (AvgIpc) is 2.65. The number of pyridine rings is 1. The summed E-state index contributed by atoms with van der Waals surface area (Å²) in [4.78, 5) is 12.1. The van der Waals surface area contributed by atoms with E-state index in [1.165, 1.54) is 6.07 Å². The first kappa shape index (κ1) is 16.2. The largest absolute Gasteiger partial charge is 0.492 e. The van der Waals surface area contributed by atoms with Gasteiger partial charge in [-0.15, -0.1) is 0 Å². The lowest BCUT2D eigenvalue weighted by Crippen LogP contribution is -2.16. The molecule has 1 aliphatic rings. The van der Waals surface area contributed by atoms with E-state index in [1.54, 1.807) is 17.8 Å². The van der Waals surface area contributed by atoms with Crippen LogP contribution in [-0.4, -0.2) is 11.2 Å². The van der Waals surface area contributed by atoms with Gasteiger partial charge < -0.3 is 14.0 Å². The molecule has 26 heavy (non-hydrogen) atoms. The van der Waals surface area contributed by atoms with Gasteiger partial charge in [-0.25, -0.2) is 0 Å². The van der Waals surface area contributed by atoms with Gasteiger partial charge in [0.25, 0.3) is 5.56 Å². The Morgan fingerprint density at radius 1 is 0.923 bits per heavy atom. The van der Waals surface area contributed by atoms with Crippen LogP contribution in [0.15, 0.2) is 71.7 Å². The summed E-state index contributed by atoms with van der Waals surface area (Å²) in [5, 5.41) is 0. The fraction of sp³-hybridized carbons (Fsp3) is 0.136. The van der Waals surface area contributed by atoms with Gasteiger partial charge in [0.15, 0.2) is 0 Å². The monoisotopic (exact) mass is 345 g/mol. The number of para-hydroxylation sites is 2. The Morgan fingerprint density at radius 3 is 2.58 bits per heavy atom. The van der Waals surface area contributed by atoms with Crippen molar-refractivity contribution in [3.63, 3.8) is 0 Å². The minimum absolute atomic E-state index is 0.102. The number of ether oxygens (including phenoxy) is 2. The fourth-order valence-electron chi connectivity index (χ4n) is 2.99. The molecule has 130 valence electrons. The molecule has 1 aliphatic heterocycles. The highest BCUT2D eigenvalue weighted by Gasteiger charge is 2.15. The summed E-state index contributed by atoms with van der Waals surface area (Å²) in [7, 11) is 1.74. The molecule has 0 saturated heterocycles. The van der Waals surface area contributed by atoms with Gasteiger partial charge in [-0.3, -0.25) is 4.79 Å². The van der Waals surface area contributed by atoms with Crippen molar-refractivity contribution in [2.24, 2.45) is 7.05 Å². The van der Waals surface area contributed by atoms with Crippen molar-refractivity contribution < 1.29 is 9.47 Å². The summed E-state index contributed by atoms with van der Waals surface area (Å²) in [5.74, 6) is 2.09. The van der Waals surface area contributed by atoms with Gasteiger partial charge in [0.1, 0.15) is 17.2 Å². The summed E-state index contributed by atoms with van der Waals surface area (Å²) in [6.45, 7) is 0.502. The maximum atomic E-state index is 12.1. The lowest BCUT2D eigenvalue weighted by Gasteiger charge is -2.17. The smallest absolute Gasteiger partial charge is 0.254 e. The number of fused-ring (bicyclic) bond motifs is 4. The third-order valence-corrected chi connectivity index (χ3v) is 4.35. The summed E-state index contributed by atoms with van der Waals surface area (Å²) < 4.78 is 13.7. The summed E-state index contributed by atoms with van der Waals surface area (Å²) in [6, 6.07) is 17.3. The Hall–Kier alpha value is -3.27. The molecule has 0 spiro atoms. The molecule has 4 rings (SSSR count). The third-order valence-electron chi connectivity index (χ3n) is 4.35. The number of aromatic nitrogens is 1. The predicted molar refractivity (Wildman–Crippen MR) is 103 cm³/mol. The lowest BCUT2D eigenvalue weighted by molar-refractivity contribution is 0.325. The van der Waals surface area contributed by atoms with E-state index in [0.717, 1.165) is 34.6 Å². The van der Waals surface area contributed by atoms with Crippen molar-refractivity contribution in [3.05, 3.63) is 82.8 Å². The number of hydrogen-bond donors (Lipinski definition) is 0. The van der Waals surface area contributed by atoms with Gasteiger partial charge in [0, 0.05) is 36.0 Å². The van der Waals surface area contributed by atoms with Crippen LogP contribution in [0.2, 0.25) is 0 Å². The maximum Gasteiger partial charge on any atom is 0.254 e. The molecule has 0 unspecified atom stereocenters. The molecule has 0 atom stereocenters. The van der Waals surface area contributed by atoms with E-state index in [1.807, 2.05) is 54.6 Å². The first-order valence-corrected chi connectivity index (χ1v) is 8.59. The Labute approximate surface area is 151 Å². The minimum atomic E-state index is -0.102. The fourth-order valence-corrected chi connectivity index (χ4v) is 2.99. The van der Waals surface area contributed by atoms with E-state index >= 15 is 0 Å². The van der Waals surface area contributed by atoms with Gasteiger partial charge in [-0.2, -0.15) is 0 Å². The molecule has 0 N–H and O–H groups in total. The Bertz CT molecular complexity index is 1030. The number of rotatable bonds is 0. The standard InChI is InChI=1S/C22H19NO3/c1-23-15-18-17-10-3-5-12-20(17)26-19-11-4-2-8-16(19)9-6-7-13-25-21(18)14-22(23)24/h2-6,8-12,14-15H,7,13H2,1H3. The zero-order valence-electron chi connectivity index (χ0n) is 14.5. The predicted octanol–water partition coefficient (Wildman–Crippen LogP) is 4.64. The molecule has 0 amide bonds. The number of aryl methyl sites for hydroxylation is 1. The number of nitrogens with zero attached hydrogens (tertiary/aromatic N) is 1. The van der Waals surface area contributed by atoms with E-state index in [2.05, 4.69) is 6.08 Å². The Kier molecular flexibility index (Phi) is 4.32. The highest BCUT2D eigenvalue weighted by atomic mass is 16.5. The molecule has 3 aromatic rings. The van der Waals surface area contributed by atoms with Gasteiger partial charge in [-0.1, -0.05) is 48.6 Å². The highest BCUT2D eigenvalue weighted by Crippen LogP contribution is 2.38. The topological polar surface area (TPSA) is 40.5 Å². The van der Waals surface area contributed by atoms with Crippen LogP contribution in [0.25, 0.3) is 17.2 Å². The molecule has 0 fully saturated rings. The van der Waals surface area contributed by atoms with E-state index in [9.17, 15) is 4.79 Å². The molecule has 0 bridgehead atoms. The number of benzene rings is 2.